The number of rotatable bonds is 4. The fourth-order valence-electron chi connectivity index (χ4n) is 1.01. The number of anilines is 1. The van der Waals surface area contributed by atoms with E-state index in [2.05, 4.69) is 0 Å². The van der Waals surface area contributed by atoms with Crippen LogP contribution in [0.5, 0.6) is 5.75 Å². The summed E-state index contributed by atoms with van der Waals surface area (Å²) in [7, 11) is -10.8. The molecule has 108 valence electrons. The molecule has 0 heterocycles. The molecule has 13 heteroatoms. The van der Waals surface area contributed by atoms with Crippen LogP contribution in [0.15, 0.2) is 18.2 Å². The van der Waals surface area contributed by atoms with E-state index >= 15 is 0 Å². The number of phenols is 1. The van der Waals surface area contributed by atoms with Gasteiger partial charge in [0.2, 0.25) is 0 Å². The molecule has 9 nitrogen and oxygen atoms in total. The molecule has 0 aliphatic carbocycles. The first-order chi connectivity index (χ1) is 8.44. The molecule has 0 aromatic heterocycles. The molecule has 1 aromatic rings. The third-order valence-corrected chi connectivity index (χ3v) is 4.77. The van der Waals surface area contributed by atoms with Gasteiger partial charge in [0, 0.05) is 17.8 Å². The number of benzene rings is 1. The van der Waals surface area contributed by atoms with Crippen LogP contribution >= 0.6 is 23.4 Å². The molecule has 0 aliphatic heterocycles. The van der Waals surface area contributed by atoms with E-state index in [1.807, 2.05) is 0 Å². The first-order valence-corrected chi connectivity index (χ1v) is 7.65. The predicted molar refractivity (Wildman–Crippen MR) is 66.4 cm³/mol. The molecule has 1 aromatic carbocycles. The summed E-state index contributed by atoms with van der Waals surface area (Å²) in [5.41, 5.74) is -0.404. The van der Waals surface area contributed by atoms with Crippen LogP contribution in [0, 0.1) is 0 Å². The Morgan fingerprint density at radius 2 is 1.53 bits per heavy atom. The molecular weight excluding hydrogens is 347 g/mol. The minimum absolute atomic E-state index is 0.112. The Balaban J connectivity index is 3.36. The normalized spacial score (nSPS) is 12.7. The van der Waals surface area contributed by atoms with Crippen molar-refractivity contribution in [1.82, 2.24) is 3.82 Å². The third kappa shape index (κ3) is 3.82. The average molecular weight is 353 g/mol. The number of nitrogens with zero attached hydrogens (tertiary/aromatic N) is 2. The van der Waals surface area contributed by atoms with Crippen molar-refractivity contribution in [2.45, 2.75) is 0 Å². The number of aromatic hydroxyl groups is 1. The highest BCUT2D eigenvalue weighted by molar-refractivity contribution is 7.98. The molecule has 0 amide bonds. The van der Waals surface area contributed by atoms with Crippen molar-refractivity contribution in [2.75, 3.05) is 4.53 Å². The van der Waals surface area contributed by atoms with Gasteiger partial charge in [-0.2, -0.15) is 21.4 Å². The minimum atomic E-state index is -5.42. The molecule has 0 bridgehead atoms. The van der Waals surface area contributed by atoms with Crippen LogP contribution < -0.4 is 4.53 Å². The van der Waals surface area contributed by atoms with Crippen molar-refractivity contribution in [1.29, 1.82) is 0 Å². The molecule has 1 rings (SSSR count). The van der Waals surface area contributed by atoms with Gasteiger partial charge in [0.05, 0.1) is 14.5 Å². The second kappa shape index (κ2) is 5.28. The lowest BCUT2D eigenvalue weighted by atomic mass is 10.3. The summed E-state index contributed by atoms with van der Waals surface area (Å²) in [4.78, 5) is 0. The second-order valence-electron chi connectivity index (χ2n) is 3.03. The zero-order chi connectivity index (χ0) is 15.0. The van der Waals surface area contributed by atoms with Crippen molar-refractivity contribution in [3.8, 4) is 5.75 Å². The Morgan fingerprint density at radius 3 is 1.89 bits per heavy atom. The highest BCUT2D eigenvalue weighted by atomic mass is 35.5. The molecule has 0 atom stereocenters. The lowest BCUT2D eigenvalue weighted by Gasteiger charge is -2.23. The van der Waals surface area contributed by atoms with E-state index in [-0.39, 0.29) is 9.55 Å². The Labute approximate surface area is 118 Å². The lowest BCUT2D eigenvalue weighted by molar-refractivity contribution is 0.390. The Hall–Kier alpha value is -0.820. The first kappa shape index (κ1) is 16.2. The Morgan fingerprint density at radius 1 is 1.05 bits per heavy atom. The summed E-state index contributed by atoms with van der Waals surface area (Å²) >= 11 is 10.9. The van der Waals surface area contributed by atoms with Crippen LogP contribution in [0.3, 0.4) is 0 Å². The van der Waals surface area contributed by atoms with E-state index in [1.54, 1.807) is 0 Å². The maximum Gasteiger partial charge on any atom is 0.370 e. The van der Waals surface area contributed by atoms with Gasteiger partial charge in [0.1, 0.15) is 5.75 Å². The van der Waals surface area contributed by atoms with E-state index in [0.717, 1.165) is 18.2 Å². The van der Waals surface area contributed by atoms with Crippen molar-refractivity contribution < 1.29 is 31.0 Å². The van der Waals surface area contributed by atoms with Crippen LogP contribution in [-0.4, -0.2) is 34.9 Å². The van der Waals surface area contributed by atoms with Gasteiger partial charge in [-0.25, -0.2) is 0 Å². The molecular formula is C6H6Cl2N2O7S2. The average Bonchev–Trinajstić information content (AvgIpc) is 2.17. The standard InChI is InChI=1S/C6H6Cl2N2O7S2/c7-5-2-1-4(3-6(5)11)9(8)10(18(12,13)14)19(15,16)17/h1-3,11H,(H,12,13,14)(H,15,16,17). The smallest absolute Gasteiger partial charge is 0.370 e. The van der Waals surface area contributed by atoms with Crippen LogP contribution in [0.1, 0.15) is 0 Å². The maximum absolute atomic E-state index is 10.9. The zero-order valence-electron chi connectivity index (χ0n) is 8.67. The molecule has 0 saturated carbocycles. The number of hydrogen-bond acceptors (Lipinski definition) is 6. The summed E-state index contributed by atoms with van der Waals surface area (Å²) in [5, 5.41) is 9.16. The van der Waals surface area contributed by atoms with E-state index in [9.17, 15) is 21.9 Å². The quantitative estimate of drug-likeness (QED) is 0.411. The SMILES string of the molecule is O=S(=O)(O)N(N(Cl)c1ccc(Cl)c(O)c1)S(=O)(=O)O. The van der Waals surface area contributed by atoms with Crippen molar-refractivity contribution in [3.05, 3.63) is 23.2 Å². The summed E-state index contributed by atoms with van der Waals surface area (Å²) in [6, 6.07) is 2.91. The summed E-state index contributed by atoms with van der Waals surface area (Å²) in [6.45, 7) is 0. The number of hydrogen-bond donors (Lipinski definition) is 3. The van der Waals surface area contributed by atoms with Crippen molar-refractivity contribution >= 4 is 49.7 Å². The van der Waals surface area contributed by atoms with Gasteiger partial charge in [0.25, 0.3) is 0 Å². The fraction of sp³-hybridized carbons (Fsp3) is 0. The zero-order valence-corrected chi connectivity index (χ0v) is 11.8. The van der Waals surface area contributed by atoms with Gasteiger partial charge < -0.3 is 5.11 Å². The number of hydrazine groups is 1. The van der Waals surface area contributed by atoms with Crippen LogP contribution in [0.2, 0.25) is 5.02 Å². The first-order valence-electron chi connectivity index (χ1n) is 4.14. The van der Waals surface area contributed by atoms with Gasteiger partial charge >= 0.3 is 20.6 Å². The van der Waals surface area contributed by atoms with Crippen LogP contribution in [-0.2, 0) is 20.6 Å². The summed E-state index contributed by atoms with van der Waals surface area (Å²) < 4.78 is 59.9. The van der Waals surface area contributed by atoms with Gasteiger partial charge in [-0.05, 0) is 12.1 Å². The largest absolute Gasteiger partial charge is 0.506 e. The number of phenolic OH excluding ortho intramolecular Hbond substituents is 1. The van der Waals surface area contributed by atoms with E-state index in [4.69, 9.17) is 32.5 Å². The van der Waals surface area contributed by atoms with Gasteiger partial charge in [-0.3, -0.25) is 9.11 Å². The van der Waals surface area contributed by atoms with E-state index < -0.39 is 35.9 Å². The van der Waals surface area contributed by atoms with Crippen LogP contribution in [0.25, 0.3) is 0 Å². The monoisotopic (exact) mass is 352 g/mol. The fourth-order valence-corrected chi connectivity index (χ4v) is 3.20. The van der Waals surface area contributed by atoms with Crippen LogP contribution in [0.4, 0.5) is 5.69 Å². The van der Waals surface area contributed by atoms with Gasteiger partial charge in [-0.1, -0.05) is 11.6 Å². The molecule has 0 saturated heterocycles. The van der Waals surface area contributed by atoms with Gasteiger partial charge in [0.15, 0.2) is 0 Å². The molecule has 0 spiro atoms. The number of halogens is 2. The molecule has 19 heavy (non-hydrogen) atoms. The molecule has 3 N–H and O–H groups in total. The highest BCUT2D eigenvalue weighted by Gasteiger charge is 2.37. The Bertz CT molecular complexity index is 658. The Kier molecular flexibility index (Phi) is 4.51. The molecule has 0 radical (unpaired) electrons. The predicted octanol–water partition coefficient (Wildman–Crippen LogP) is 0.828. The van der Waals surface area contributed by atoms with E-state index in [1.165, 1.54) is 0 Å². The van der Waals surface area contributed by atoms with E-state index in [0.29, 0.717) is 0 Å². The van der Waals surface area contributed by atoms with Crippen molar-refractivity contribution in [3.63, 3.8) is 0 Å². The molecule has 0 aliphatic rings. The molecule has 0 unspecified atom stereocenters. The molecule has 0 fully saturated rings. The minimum Gasteiger partial charge on any atom is -0.506 e. The maximum atomic E-state index is 10.9. The van der Waals surface area contributed by atoms with Crippen molar-refractivity contribution in [2.24, 2.45) is 0 Å². The van der Waals surface area contributed by atoms with Gasteiger partial charge in [-0.15, -0.1) is 0 Å². The summed E-state index contributed by atoms with van der Waals surface area (Å²) in [6.07, 6.45) is 0. The second-order valence-corrected chi connectivity index (χ2v) is 6.47. The lowest BCUT2D eigenvalue weighted by Crippen LogP contribution is -2.44. The highest BCUT2D eigenvalue weighted by Crippen LogP contribution is 2.31. The summed E-state index contributed by atoms with van der Waals surface area (Å²) in [5.74, 6) is -0.532. The topological polar surface area (TPSA) is 135 Å². The third-order valence-electron chi connectivity index (χ3n) is 1.68.